The number of nitrogens with zero attached hydrogens (tertiary/aromatic N) is 1. The summed E-state index contributed by atoms with van der Waals surface area (Å²) < 4.78 is 5.96. The van der Waals surface area contributed by atoms with E-state index in [-0.39, 0.29) is 17.8 Å². The summed E-state index contributed by atoms with van der Waals surface area (Å²) in [7, 11) is 0. The number of ether oxygens (including phenoxy) is 1. The Hall–Kier alpha value is -4.45. The molecule has 0 radical (unpaired) electrons. The first kappa shape index (κ1) is 20.8. The fourth-order valence-corrected chi connectivity index (χ4v) is 3.27. The highest BCUT2D eigenvalue weighted by Gasteiger charge is 2.12. The van der Waals surface area contributed by atoms with E-state index in [4.69, 9.17) is 15.6 Å². The van der Waals surface area contributed by atoms with E-state index in [9.17, 15) is 9.59 Å². The second kappa shape index (κ2) is 9.14. The molecule has 0 saturated heterocycles. The molecule has 0 spiro atoms. The molecule has 0 saturated carbocycles. The van der Waals surface area contributed by atoms with Crippen LogP contribution >= 0.6 is 0 Å². The minimum Gasteiger partial charge on any atom is -0.478 e. The van der Waals surface area contributed by atoms with Crippen LogP contribution in [0.25, 0.3) is 11.1 Å². The Balaban J connectivity index is 1.51. The summed E-state index contributed by atoms with van der Waals surface area (Å²) in [5.74, 6) is -0.107. The minimum absolute atomic E-state index is 0.0357. The van der Waals surface area contributed by atoms with Crippen LogP contribution in [-0.2, 0) is 6.42 Å². The maximum Gasteiger partial charge on any atom is 0.335 e. The molecule has 158 valence electrons. The third-order valence-electron chi connectivity index (χ3n) is 5.01. The molecule has 6 nitrogen and oxygen atoms in total. The number of carboxylic acid groups (broad SMARTS) is 1. The first-order valence-electron chi connectivity index (χ1n) is 9.94. The van der Waals surface area contributed by atoms with Crippen molar-refractivity contribution in [1.82, 2.24) is 4.98 Å². The zero-order valence-electron chi connectivity index (χ0n) is 17.1. The lowest BCUT2D eigenvalue weighted by Crippen LogP contribution is -2.05. The summed E-state index contributed by atoms with van der Waals surface area (Å²) in [6.45, 7) is 0. The van der Waals surface area contributed by atoms with Gasteiger partial charge in [0, 0.05) is 29.4 Å². The quantitative estimate of drug-likeness (QED) is 0.310. The van der Waals surface area contributed by atoms with Gasteiger partial charge in [0.05, 0.1) is 5.56 Å². The topological polar surface area (TPSA) is 103 Å². The van der Waals surface area contributed by atoms with Gasteiger partial charge in [0.2, 0.25) is 5.88 Å². The van der Waals surface area contributed by atoms with E-state index in [1.165, 1.54) is 12.1 Å². The van der Waals surface area contributed by atoms with Gasteiger partial charge < -0.3 is 15.6 Å². The van der Waals surface area contributed by atoms with E-state index in [1.807, 2.05) is 24.3 Å². The van der Waals surface area contributed by atoms with E-state index in [1.54, 1.807) is 54.7 Å². The highest BCUT2D eigenvalue weighted by atomic mass is 16.5. The molecule has 0 unspecified atom stereocenters. The number of carboxylic acids is 1. The van der Waals surface area contributed by atoms with Crippen molar-refractivity contribution in [3.63, 3.8) is 0 Å². The van der Waals surface area contributed by atoms with Gasteiger partial charge in [-0.15, -0.1) is 0 Å². The van der Waals surface area contributed by atoms with Crippen LogP contribution in [0.15, 0.2) is 91.1 Å². The number of carbonyl (C=O) groups excluding carboxylic acids is 1. The Labute approximate surface area is 184 Å². The van der Waals surface area contributed by atoms with Gasteiger partial charge in [-0.25, -0.2) is 9.78 Å². The molecule has 1 aromatic heterocycles. The Kier molecular flexibility index (Phi) is 5.94. The molecule has 4 aromatic rings. The third-order valence-corrected chi connectivity index (χ3v) is 5.01. The standard InChI is InChI=1S/C26H20N2O4/c27-23-6-2-1-4-20(23)16-24(29)18-11-13-21(14-12-18)32-25-22(5-3-15-28-25)17-7-9-19(10-8-17)26(30)31/h1-15H,16,27H2,(H,30,31). The van der Waals surface area contributed by atoms with Crippen molar-refractivity contribution in [3.05, 3.63) is 108 Å². The van der Waals surface area contributed by atoms with E-state index in [2.05, 4.69) is 4.98 Å². The van der Waals surface area contributed by atoms with E-state index < -0.39 is 5.97 Å². The number of anilines is 1. The summed E-state index contributed by atoms with van der Waals surface area (Å²) in [5, 5.41) is 9.09. The van der Waals surface area contributed by atoms with Gasteiger partial charge in [0.25, 0.3) is 0 Å². The van der Waals surface area contributed by atoms with Crippen molar-refractivity contribution in [2.24, 2.45) is 0 Å². The largest absolute Gasteiger partial charge is 0.478 e. The lowest BCUT2D eigenvalue weighted by atomic mass is 10.0. The monoisotopic (exact) mass is 424 g/mol. The van der Waals surface area contributed by atoms with Gasteiger partial charge in [-0.3, -0.25) is 4.79 Å². The number of aromatic nitrogens is 1. The van der Waals surface area contributed by atoms with Crippen molar-refractivity contribution < 1.29 is 19.4 Å². The number of ketones is 1. The minimum atomic E-state index is -0.983. The van der Waals surface area contributed by atoms with Crippen LogP contribution in [0.5, 0.6) is 11.6 Å². The molecule has 0 amide bonds. The van der Waals surface area contributed by atoms with Crippen molar-refractivity contribution >= 4 is 17.4 Å². The molecular weight excluding hydrogens is 404 g/mol. The number of rotatable bonds is 7. The molecule has 0 aliphatic heterocycles. The fraction of sp³-hybridized carbons (Fsp3) is 0.0385. The fourth-order valence-electron chi connectivity index (χ4n) is 3.27. The molecule has 3 N–H and O–H groups in total. The normalized spacial score (nSPS) is 10.5. The molecule has 0 aliphatic carbocycles. The molecular formula is C26H20N2O4. The number of benzene rings is 3. The molecule has 3 aromatic carbocycles. The van der Waals surface area contributed by atoms with Crippen LogP contribution in [0.3, 0.4) is 0 Å². The molecule has 0 bridgehead atoms. The van der Waals surface area contributed by atoms with Crippen molar-refractivity contribution in [1.29, 1.82) is 0 Å². The number of aromatic carboxylic acids is 1. The van der Waals surface area contributed by atoms with Crippen LogP contribution in [0, 0.1) is 0 Å². The molecule has 0 fully saturated rings. The van der Waals surface area contributed by atoms with Crippen LogP contribution < -0.4 is 10.5 Å². The Morgan fingerprint density at radius 1 is 0.844 bits per heavy atom. The number of para-hydroxylation sites is 1. The van der Waals surface area contributed by atoms with E-state index >= 15 is 0 Å². The second-order valence-electron chi connectivity index (χ2n) is 7.16. The Bertz CT molecular complexity index is 1270. The van der Waals surface area contributed by atoms with Gasteiger partial charge >= 0.3 is 5.97 Å². The predicted octanol–water partition coefficient (Wildman–Crippen LogP) is 5.25. The molecule has 0 atom stereocenters. The van der Waals surface area contributed by atoms with Crippen molar-refractivity contribution in [2.45, 2.75) is 6.42 Å². The van der Waals surface area contributed by atoms with Crippen LogP contribution in [0.4, 0.5) is 5.69 Å². The SMILES string of the molecule is Nc1ccccc1CC(=O)c1ccc(Oc2ncccc2-c2ccc(C(=O)O)cc2)cc1. The summed E-state index contributed by atoms with van der Waals surface area (Å²) in [6.07, 6.45) is 1.84. The highest BCUT2D eigenvalue weighted by Crippen LogP contribution is 2.31. The Morgan fingerprint density at radius 3 is 2.22 bits per heavy atom. The van der Waals surface area contributed by atoms with Crippen LogP contribution in [0.1, 0.15) is 26.3 Å². The molecule has 0 aliphatic rings. The summed E-state index contributed by atoms with van der Waals surface area (Å²) in [4.78, 5) is 28.0. The van der Waals surface area contributed by atoms with Gasteiger partial charge in [-0.2, -0.15) is 0 Å². The zero-order chi connectivity index (χ0) is 22.5. The number of Topliss-reactive ketones (excluding diaryl/α,β-unsaturated/α-hetero) is 1. The number of pyridine rings is 1. The first-order valence-corrected chi connectivity index (χ1v) is 9.94. The number of hydrogen-bond donors (Lipinski definition) is 2. The van der Waals surface area contributed by atoms with Gasteiger partial charge in [-0.05, 0) is 65.7 Å². The number of nitrogen functional groups attached to an aromatic ring is 1. The molecule has 4 rings (SSSR count). The van der Waals surface area contributed by atoms with E-state index in [0.29, 0.717) is 22.9 Å². The summed E-state index contributed by atoms with van der Waals surface area (Å²) in [5.41, 5.74) is 9.60. The average Bonchev–Trinajstić information content (AvgIpc) is 2.81. The number of nitrogens with two attached hydrogens (primary N) is 1. The number of carbonyl (C=O) groups is 2. The van der Waals surface area contributed by atoms with Gasteiger partial charge in [-0.1, -0.05) is 30.3 Å². The lowest BCUT2D eigenvalue weighted by Gasteiger charge is -2.11. The first-order chi connectivity index (χ1) is 15.5. The summed E-state index contributed by atoms with van der Waals surface area (Å²) >= 11 is 0. The Morgan fingerprint density at radius 2 is 1.53 bits per heavy atom. The highest BCUT2D eigenvalue weighted by molar-refractivity contribution is 5.98. The maximum atomic E-state index is 12.6. The smallest absolute Gasteiger partial charge is 0.335 e. The van der Waals surface area contributed by atoms with Crippen LogP contribution in [-0.4, -0.2) is 21.8 Å². The van der Waals surface area contributed by atoms with Gasteiger partial charge in [0.15, 0.2) is 5.78 Å². The molecule has 6 heteroatoms. The zero-order valence-corrected chi connectivity index (χ0v) is 17.1. The van der Waals surface area contributed by atoms with Crippen molar-refractivity contribution in [2.75, 3.05) is 5.73 Å². The van der Waals surface area contributed by atoms with Gasteiger partial charge in [0.1, 0.15) is 5.75 Å². The van der Waals surface area contributed by atoms with Crippen LogP contribution in [0.2, 0.25) is 0 Å². The molecule has 32 heavy (non-hydrogen) atoms. The number of hydrogen-bond acceptors (Lipinski definition) is 5. The van der Waals surface area contributed by atoms with Crippen molar-refractivity contribution in [3.8, 4) is 22.8 Å². The lowest BCUT2D eigenvalue weighted by molar-refractivity contribution is 0.0696. The molecule has 1 heterocycles. The predicted molar refractivity (Wildman–Crippen MR) is 122 cm³/mol. The average molecular weight is 424 g/mol. The third kappa shape index (κ3) is 4.65. The maximum absolute atomic E-state index is 12.6. The summed E-state index contributed by atoms with van der Waals surface area (Å²) in [6, 6.07) is 24.3. The van der Waals surface area contributed by atoms with E-state index in [0.717, 1.165) is 16.7 Å². The second-order valence-corrected chi connectivity index (χ2v) is 7.16.